The fraction of sp³-hybridized carbons (Fsp3) is 0.474. The summed E-state index contributed by atoms with van der Waals surface area (Å²) in [6, 6.07) is 6.88. The van der Waals surface area contributed by atoms with Crippen molar-refractivity contribution in [2.45, 2.75) is 45.6 Å². The molecule has 1 aromatic rings. The highest BCUT2D eigenvalue weighted by Crippen LogP contribution is 2.18. The summed E-state index contributed by atoms with van der Waals surface area (Å²) in [5, 5.41) is 5.17. The summed E-state index contributed by atoms with van der Waals surface area (Å²) in [5.74, 6) is -1.13. The average Bonchev–Trinajstić information content (AvgIpc) is 2.79. The van der Waals surface area contributed by atoms with Gasteiger partial charge in [0, 0.05) is 12.2 Å². The molecule has 0 radical (unpaired) electrons. The lowest BCUT2D eigenvalue weighted by atomic mass is 10.0. The van der Waals surface area contributed by atoms with Crippen LogP contribution in [0.2, 0.25) is 0 Å². The van der Waals surface area contributed by atoms with Gasteiger partial charge in [-0.1, -0.05) is 26.0 Å². The van der Waals surface area contributed by atoms with Gasteiger partial charge >= 0.3 is 12.0 Å². The first kappa shape index (κ1) is 20.4. The number of hydrogen-bond donors (Lipinski definition) is 2. The van der Waals surface area contributed by atoms with Crippen LogP contribution in [0.25, 0.3) is 0 Å². The van der Waals surface area contributed by atoms with Gasteiger partial charge in [0.2, 0.25) is 0 Å². The number of hydrogen-bond acceptors (Lipinski definition) is 5. The highest BCUT2D eigenvalue weighted by atomic mass is 16.5. The Morgan fingerprint density at radius 2 is 1.81 bits per heavy atom. The number of carbonyl (C=O) groups is 4. The van der Waals surface area contributed by atoms with Crippen molar-refractivity contribution in [3.8, 4) is 0 Å². The number of benzene rings is 1. The van der Waals surface area contributed by atoms with E-state index in [0.29, 0.717) is 11.6 Å². The molecule has 0 unspecified atom stereocenters. The SMILES string of the molecule is CC(C)c1ccc(NC(=O)COC(=O)CCN2C(=O)NC(C)(C)C2=O)cc1. The average molecular weight is 375 g/mol. The lowest BCUT2D eigenvalue weighted by molar-refractivity contribution is -0.147. The van der Waals surface area contributed by atoms with E-state index in [9.17, 15) is 19.2 Å². The Kier molecular flexibility index (Phi) is 6.20. The van der Waals surface area contributed by atoms with Crippen LogP contribution in [-0.2, 0) is 19.1 Å². The molecule has 0 saturated carbocycles. The second kappa shape index (κ2) is 8.20. The fourth-order valence-corrected chi connectivity index (χ4v) is 2.59. The number of imide groups is 1. The minimum absolute atomic E-state index is 0.0921. The Hall–Kier alpha value is -2.90. The second-order valence-corrected chi connectivity index (χ2v) is 7.25. The van der Waals surface area contributed by atoms with Crippen LogP contribution >= 0.6 is 0 Å². The van der Waals surface area contributed by atoms with Crippen molar-refractivity contribution < 1.29 is 23.9 Å². The fourth-order valence-electron chi connectivity index (χ4n) is 2.59. The number of carbonyl (C=O) groups excluding carboxylic acids is 4. The summed E-state index contributed by atoms with van der Waals surface area (Å²) in [6.07, 6.45) is -0.175. The molecule has 8 heteroatoms. The number of anilines is 1. The number of ether oxygens (including phenoxy) is 1. The van der Waals surface area contributed by atoms with Gasteiger partial charge in [0.05, 0.1) is 6.42 Å². The normalized spacial score (nSPS) is 15.7. The van der Waals surface area contributed by atoms with Crippen molar-refractivity contribution in [3.63, 3.8) is 0 Å². The third kappa shape index (κ3) is 5.29. The van der Waals surface area contributed by atoms with Crippen molar-refractivity contribution in [3.05, 3.63) is 29.8 Å². The highest BCUT2D eigenvalue weighted by Gasteiger charge is 2.44. The van der Waals surface area contributed by atoms with Crippen molar-refractivity contribution in [2.75, 3.05) is 18.5 Å². The van der Waals surface area contributed by atoms with Gasteiger partial charge in [-0.3, -0.25) is 19.3 Å². The maximum Gasteiger partial charge on any atom is 0.325 e. The van der Waals surface area contributed by atoms with Gasteiger partial charge in [-0.05, 0) is 37.5 Å². The van der Waals surface area contributed by atoms with Crippen molar-refractivity contribution in [1.82, 2.24) is 10.2 Å². The summed E-state index contributed by atoms with van der Waals surface area (Å²) < 4.78 is 4.90. The van der Waals surface area contributed by atoms with E-state index in [1.165, 1.54) is 0 Å². The third-order valence-corrected chi connectivity index (χ3v) is 4.21. The molecule has 1 aliphatic rings. The maximum absolute atomic E-state index is 12.0. The second-order valence-electron chi connectivity index (χ2n) is 7.25. The maximum atomic E-state index is 12.0. The molecule has 0 aromatic heterocycles. The number of esters is 1. The number of rotatable bonds is 7. The molecule has 0 bridgehead atoms. The number of nitrogens with zero attached hydrogens (tertiary/aromatic N) is 1. The van der Waals surface area contributed by atoms with Crippen LogP contribution in [0.3, 0.4) is 0 Å². The zero-order chi connectivity index (χ0) is 20.2. The molecule has 27 heavy (non-hydrogen) atoms. The Morgan fingerprint density at radius 3 is 2.33 bits per heavy atom. The molecule has 146 valence electrons. The van der Waals surface area contributed by atoms with E-state index < -0.39 is 36.0 Å². The van der Waals surface area contributed by atoms with E-state index >= 15 is 0 Å². The molecular weight excluding hydrogens is 350 g/mol. The predicted molar refractivity (Wildman–Crippen MR) is 99.1 cm³/mol. The number of urea groups is 1. The number of amides is 4. The quantitative estimate of drug-likeness (QED) is 0.560. The molecule has 0 atom stereocenters. The van der Waals surface area contributed by atoms with Gasteiger partial charge in [0.1, 0.15) is 5.54 Å². The van der Waals surface area contributed by atoms with Crippen LogP contribution in [0.15, 0.2) is 24.3 Å². The summed E-state index contributed by atoms with van der Waals surface area (Å²) in [7, 11) is 0. The van der Waals surface area contributed by atoms with Gasteiger partial charge in [0.25, 0.3) is 11.8 Å². The van der Waals surface area contributed by atoms with E-state index in [-0.39, 0.29) is 13.0 Å². The van der Waals surface area contributed by atoms with Crippen molar-refractivity contribution >= 4 is 29.5 Å². The smallest absolute Gasteiger partial charge is 0.325 e. The lowest BCUT2D eigenvalue weighted by Crippen LogP contribution is -2.40. The van der Waals surface area contributed by atoms with Crippen LogP contribution in [0.1, 0.15) is 45.6 Å². The number of nitrogens with one attached hydrogen (secondary N) is 2. The van der Waals surface area contributed by atoms with Crippen molar-refractivity contribution in [1.29, 1.82) is 0 Å². The molecule has 0 spiro atoms. The molecule has 2 N–H and O–H groups in total. The highest BCUT2D eigenvalue weighted by molar-refractivity contribution is 6.06. The van der Waals surface area contributed by atoms with Crippen LogP contribution in [0, 0.1) is 0 Å². The third-order valence-electron chi connectivity index (χ3n) is 4.21. The standard InChI is InChI=1S/C19H25N3O5/c1-12(2)13-5-7-14(8-6-13)20-15(23)11-27-16(24)9-10-22-17(25)19(3,4)21-18(22)26/h5-8,12H,9-11H2,1-4H3,(H,20,23)(H,21,26). The molecule has 1 saturated heterocycles. The first-order valence-corrected chi connectivity index (χ1v) is 8.79. The topological polar surface area (TPSA) is 105 Å². The van der Waals surface area contributed by atoms with E-state index in [1.807, 2.05) is 12.1 Å². The molecule has 1 aliphatic heterocycles. The molecule has 4 amide bonds. The monoisotopic (exact) mass is 375 g/mol. The van der Waals surface area contributed by atoms with Gasteiger partial charge in [-0.15, -0.1) is 0 Å². The minimum Gasteiger partial charge on any atom is -0.456 e. The van der Waals surface area contributed by atoms with Crippen LogP contribution in [0.4, 0.5) is 10.5 Å². The van der Waals surface area contributed by atoms with Gasteiger partial charge in [0.15, 0.2) is 6.61 Å². The van der Waals surface area contributed by atoms with E-state index in [1.54, 1.807) is 26.0 Å². The summed E-state index contributed by atoms with van der Waals surface area (Å²) in [5.41, 5.74) is 0.788. The first-order chi connectivity index (χ1) is 12.6. The zero-order valence-corrected chi connectivity index (χ0v) is 16.0. The zero-order valence-electron chi connectivity index (χ0n) is 16.0. The summed E-state index contributed by atoms with van der Waals surface area (Å²) in [6.45, 7) is 6.80. The molecule has 8 nitrogen and oxygen atoms in total. The van der Waals surface area contributed by atoms with Gasteiger partial charge in [-0.2, -0.15) is 0 Å². The van der Waals surface area contributed by atoms with E-state index in [2.05, 4.69) is 24.5 Å². The molecule has 1 heterocycles. The Morgan fingerprint density at radius 1 is 1.19 bits per heavy atom. The minimum atomic E-state index is -0.980. The molecule has 1 aromatic carbocycles. The Labute approximate surface area is 158 Å². The largest absolute Gasteiger partial charge is 0.456 e. The first-order valence-electron chi connectivity index (χ1n) is 8.79. The van der Waals surface area contributed by atoms with Crippen molar-refractivity contribution in [2.24, 2.45) is 0 Å². The van der Waals surface area contributed by atoms with E-state index in [4.69, 9.17) is 4.74 Å². The van der Waals surface area contributed by atoms with Gasteiger partial charge in [-0.25, -0.2) is 4.79 Å². The Balaban J connectivity index is 1.74. The predicted octanol–water partition coefficient (Wildman–Crippen LogP) is 2.01. The van der Waals surface area contributed by atoms with E-state index in [0.717, 1.165) is 10.5 Å². The van der Waals surface area contributed by atoms with Crippen LogP contribution in [-0.4, -0.2) is 47.4 Å². The molecule has 2 rings (SSSR count). The summed E-state index contributed by atoms with van der Waals surface area (Å²) >= 11 is 0. The van der Waals surface area contributed by atoms with Crippen LogP contribution in [0.5, 0.6) is 0 Å². The van der Waals surface area contributed by atoms with Crippen LogP contribution < -0.4 is 10.6 Å². The summed E-state index contributed by atoms with van der Waals surface area (Å²) in [4.78, 5) is 48.4. The molecule has 0 aliphatic carbocycles. The Bertz CT molecular complexity index is 740. The molecule has 1 fully saturated rings. The molecular formula is C19H25N3O5. The van der Waals surface area contributed by atoms with Gasteiger partial charge < -0.3 is 15.4 Å². The lowest BCUT2D eigenvalue weighted by Gasteiger charge is -2.15.